The number of amides is 1. The first-order valence-corrected chi connectivity index (χ1v) is 9.22. The van der Waals surface area contributed by atoms with Gasteiger partial charge in [-0.3, -0.25) is 9.89 Å². The zero-order chi connectivity index (χ0) is 17.9. The highest BCUT2D eigenvalue weighted by atomic mass is 16.2. The van der Waals surface area contributed by atoms with Crippen molar-refractivity contribution in [2.24, 2.45) is 5.73 Å². The number of hydrogen-bond acceptors (Lipinski definition) is 3. The number of nitrogens with zero attached hydrogens (tertiary/aromatic N) is 2. The van der Waals surface area contributed by atoms with Crippen molar-refractivity contribution in [2.45, 2.75) is 31.7 Å². The van der Waals surface area contributed by atoms with Gasteiger partial charge in [0.15, 0.2) is 0 Å². The minimum atomic E-state index is 0.203. The topological polar surface area (TPSA) is 75.0 Å². The highest BCUT2D eigenvalue weighted by Crippen LogP contribution is 2.30. The third kappa shape index (κ3) is 3.35. The Labute approximate surface area is 153 Å². The summed E-state index contributed by atoms with van der Waals surface area (Å²) in [6, 6.07) is 14.5. The van der Waals surface area contributed by atoms with Crippen molar-refractivity contribution < 1.29 is 4.79 Å². The van der Waals surface area contributed by atoms with Crippen molar-refractivity contribution in [3.8, 4) is 0 Å². The Morgan fingerprint density at radius 2 is 2.00 bits per heavy atom. The molecule has 1 amide bonds. The summed E-state index contributed by atoms with van der Waals surface area (Å²) in [7, 11) is 0. The van der Waals surface area contributed by atoms with Crippen LogP contribution in [0.1, 0.15) is 35.4 Å². The number of aromatic amines is 1. The Morgan fingerprint density at radius 1 is 1.19 bits per heavy atom. The smallest absolute Gasteiger partial charge is 0.226 e. The molecule has 5 nitrogen and oxygen atoms in total. The van der Waals surface area contributed by atoms with E-state index in [9.17, 15) is 4.79 Å². The molecule has 2 aromatic carbocycles. The zero-order valence-electron chi connectivity index (χ0n) is 14.8. The molecule has 0 radical (unpaired) electrons. The van der Waals surface area contributed by atoms with E-state index < -0.39 is 0 Å². The number of fused-ring (bicyclic) bond motifs is 1. The number of benzene rings is 2. The molecule has 2 heterocycles. The lowest BCUT2D eigenvalue weighted by atomic mass is 9.86. The lowest BCUT2D eigenvalue weighted by molar-refractivity contribution is -0.131. The van der Waals surface area contributed by atoms with Crippen molar-refractivity contribution in [1.29, 1.82) is 0 Å². The first kappa shape index (κ1) is 16.8. The number of carbonyl (C=O) groups excluding carboxylic acids is 1. The third-order valence-electron chi connectivity index (χ3n) is 5.42. The van der Waals surface area contributed by atoms with E-state index in [0.717, 1.165) is 42.4 Å². The van der Waals surface area contributed by atoms with Gasteiger partial charge in [-0.25, -0.2) is 0 Å². The van der Waals surface area contributed by atoms with Crippen LogP contribution in [0.5, 0.6) is 0 Å². The summed E-state index contributed by atoms with van der Waals surface area (Å²) in [6.07, 6.45) is 4.24. The molecule has 1 aliphatic rings. The van der Waals surface area contributed by atoms with Gasteiger partial charge in [0.2, 0.25) is 5.91 Å². The molecule has 3 N–H and O–H groups in total. The predicted molar refractivity (Wildman–Crippen MR) is 103 cm³/mol. The van der Waals surface area contributed by atoms with E-state index in [4.69, 9.17) is 5.73 Å². The number of carbonyl (C=O) groups is 1. The van der Waals surface area contributed by atoms with Gasteiger partial charge in [-0.15, -0.1) is 0 Å². The first-order valence-electron chi connectivity index (χ1n) is 9.22. The molecule has 0 unspecified atom stereocenters. The highest BCUT2D eigenvalue weighted by Gasteiger charge is 2.25. The van der Waals surface area contributed by atoms with E-state index in [2.05, 4.69) is 28.4 Å². The largest absolute Gasteiger partial charge is 0.342 e. The molecular formula is C21H24N4O. The minimum Gasteiger partial charge on any atom is -0.342 e. The molecule has 1 aliphatic heterocycles. The van der Waals surface area contributed by atoms with Crippen LogP contribution in [0.15, 0.2) is 48.7 Å². The molecule has 0 bridgehead atoms. The van der Waals surface area contributed by atoms with E-state index in [1.165, 1.54) is 11.1 Å². The summed E-state index contributed by atoms with van der Waals surface area (Å²) in [5, 5.41) is 8.07. The molecule has 134 valence electrons. The lowest BCUT2D eigenvalue weighted by Crippen LogP contribution is -2.39. The fourth-order valence-electron chi connectivity index (χ4n) is 3.94. The normalized spacial score (nSPS) is 15.5. The van der Waals surface area contributed by atoms with Crippen molar-refractivity contribution in [3.05, 3.63) is 65.4 Å². The second-order valence-corrected chi connectivity index (χ2v) is 7.03. The van der Waals surface area contributed by atoms with E-state index in [1.807, 2.05) is 29.2 Å². The van der Waals surface area contributed by atoms with Gasteiger partial charge in [0, 0.05) is 25.0 Å². The Kier molecular flexibility index (Phi) is 4.71. The molecule has 1 aromatic heterocycles. The van der Waals surface area contributed by atoms with Crippen LogP contribution in [0.4, 0.5) is 0 Å². The van der Waals surface area contributed by atoms with Gasteiger partial charge in [-0.05, 0) is 41.5 Å². The van der Waals surface area contributed by atoms with Crippen LogP contribution in [-0.4, -0.2) is 34.1 Å². The van der Waals surface area contributed by atoms with Crippen LogP contribution in [0.3, 0.4) is 0 Å². The average Bonchev–Trinajstić information content (AvgIpc) is 3.16. The predicted octanol–water partition coefficient (Wildman–Crippen LogP) is 2.97. The number of nitrogens with two attached hydrogens (primary N) is 1. The van der Waals surface area contributed by atoms with Crippen LogP contribution in [0.25, 0.3) is 10.9 Å². The Bertz CT molecular complexity index is 909. The van der Waals surface area contributed by atoms with Crippen molar-refractivity contribution in [3.63, 3.8) is 0 Å². The third-order valence-corrected chi connectivity index (χ3v) is 5.42. The first-order chi connectivity index (χ1) is 12.7. The molecule has 0 saturated carbocycles. The van der Waals surface area contributed by atoms with Crippen LogP contribution in [0.2, 0.25) is 0 Å². The van der Waals surface area contributed by atoms with E-state index >= 15 is 0 Å². The van der Waals surface area contributed by atoms with Crippen molar-refractivity contribution in [1.82, 2.24) is 15.1 Å². The number of hydrogen-bond donors (Lipinski definition) is 2. The fourth-order valence-corrected chi connectivity index (χ4v) is 3.94. The quantitative estimate of drug-likeness (QED) is 0.761. The molecule has 3 aromatic rings. The molecule has 4 rings (SSSR count). The van der Waals surface area contributed by atoms with Crippen LogP contribution in [0, 0.1) is 0 Å². The van der Waals surface area contributed by atoms with Crippen LogP contribution < -0.4 is 5.73 Å². The molecule has 0 atom stereocenters. The van der Waals surface area contributed by atoms with Crippen molar-refractivity contribution in [2.75, 3.05) is 13.1 Å². The Hall–Kier alpha value is -2.66. The summed E-state index contributed by atoms with van der Waals surface area (Å²) in [5.74, 6) is 0.703. The molecule has 1 saturated heterocycles. The number of rotatable bonds is 4. The van der Waals surface area contributed by atoms with E-state index in [-0.39, 0.29) is 5.91 Å². The highest BCUT2D eigenvalue weighted by molar-refractivity contribution is 5.82. The number of nitrogens with one attached hydrogen (secondary N) is 1. The van der Waals surface area contributed by atoms with Crippen LogP contribution in [-0.2, 0) is 17.8 Å². The maximum Gasteiger partial charge on any atom is 0.226 e. The monoisotopic (exact) mass is 348 g/mol. The Morgan fingerprint density at radius 3 is 2.81 bits per heavy atom. The molecule has 0 spiro atoms. The maximum absolute atomic E-state index is 12.7. The minimum absolute atomic E-state index is 0.203. The summed E-state index contributed by atoms with van der Waals surface area (Å²) < 4.78 is 0. The van der Waals surface area contributed by atoms with E-state index in [0.29, 0.717) is 18.9 Å². The molecule has 0 aliphatic carbocycles. The number of piperidine rings is 1. The molecule has 1 fully saturated rings. The fraction of sp³-hybridized carbons (Fsp3) is 0.333. The molecular weight excluding hydrogens is 324 g/mol. The van der Waals surface area contributed by atoms with Gasteiger partial charge < -0.3 is 10.6 Å². The summed E-state index contributed by atoms with van der Waals surface area (Å²) in [5.41, 5.74) is 10.5. The maximum atomic E-state index is 12.7. The van der Waals surface area contributed by atoms with Gasteiger partial charge in [0.25, 0.3) is 0 Å². The van der Waals surface area contributed by atoms with Crippen LogP contribution >= 0.6 is 0 Å². The average molecular weight is 348 g/mol. The summed E-state index contributed by atoms with van der Waals surface area (Å²) in [6.45, 7) is 2.20. The molecule has 26 heavy (non-hydrogen) atoms. The number of aromatic nitrogens is 2. The number of H-pyrrole nitrogens is 1. The summed E-state index contributed by atoms with van der Waals surface area (Å²) in [4.78, 5) is 14.7. The zero-order valence-corrected chi connectivity index (χ0v) is 14.8. The number of likely N-dealkylation sites (tertiary alicyclic amines) is 1. The van der Waals surface area contributed by atoms with Crippen molar-refractivity contribution >= 4 is 16.8 Å². The van der Waals surface area contributed by atoms with Gasteiger partial charge in [-0.1, -0.05) is 36.4 Å². The second-order valence-electron chi connectivity index (χ2n) is 7.03. The van der Waals surface area contributed by atoms with Gasteiger partial charge in [0.05, 0.1) is 18.1 Å². The lowest BCUT2D eigenvalue weighted by Gasteiger charge is -2.33. The van der Waals surface area contributed by atoms with Gasteiger partial charge in [-0.2, -0.15) is 5.10 Å². The second kappa shape index (κ2) is 7.30. The van der Waals surface area contributed by atoms with Gasteiger partial charge >= 0.3 is 0 Å². The Balaban J connectivity index is 1.38. The van der Waals surface area contributed by atoms with Gasteiger partial charge in [0.1, 0.15) is 0 Å². The standard InChI is InChI=1S/C21H24N4O/c22-13-17-3-1-2-4-19(17)16-7-9-25(10-8-16)21(26)12-15-5-6-18-14-23-24-20(18)11-15/h1-6,11,14,16H,7-10,12-13,22H2,(H,23,24). The van der Waals surface area contributed by atoms with E-state index in [1.54, 1.807) is 6.20 Å². The summed E-state index contributed by atoms with van der Waals surface area (Å²) >= 11 is 0. The molecule has 5 heteroatoms. The SMILES string of the molecule is NCc1ccccc1C1CCN(C(=O)Cc2ccc3cn[nH]c3c2)CC1.